The van der Waals surface area contributed by atoms with Crippen LogP contribution in [0.5, 0.6) is 0 Å². The maximum atomic E-state index is 2.51. The van der Waals surface area contributed by atoms with Gasteiger partial charge in [0.05, 0.1) is 0 Å². The summed E-state index contributed by atoms with van der Waals surface area (Å²) in [6, 6.07) is 0. The van der Waals surface area contributed by atoms with E-state index in [0.29, 0.717) is 0 Å². The molecule has 0 aromatic rings. The molecule has 1 aliphatic heterocycles. The van der Waals surface area contributed by atoms with E-state index in [0.717, 1.165) is 0 Å². The molecule has 0 unspecified atom stereocenters. The Bertz CT molecular complexity index is 81.1. The largest absolute Gasteiger partial charge is 0.301 e. The van der Waals surface area contributed by atoms with Gasteiger partial charge in [-0.3, -0.25) is 0 Å². The Morgan fingerprint density at radius 3 is 1.17 bits per heavy atom. The molecule has 0 aromatic heterocycles. The Kier molecular flexibility index (Phi) is 10.1. The van der Waals surface area contributed by atoms with Crippen molar-refractivity contribution in [1.29, 1.82) is 0 Å². The predicted molar refractivity (Wildman–Crippen MR) is 58.7 cm³/mol. The number of hydrogen-bond donors (Lipinski definition) is 0. The van der Waals surface area contributed by atoms with Crippen molar-refractivity contribution in [3.63, 3.8) is 0 Å². The van der Waals surface area contributed by atoms with Crippen LogP contribution in [0.2, 0.25) is 0 Å². The summed E-state index contributed by atoms with van der Waals surface area (Å²) in [6.45, 7) is 12.0. The number of halogens is 2. The number of likely N-dealkylation sites (N-methyl/N-ethyl adjacent to an activating group) is 2. The van der Waals surface area contributed by atoms with Crippen molar-refractivity contribution >= 4 is 24.8 Å². The Balaban J connectivity index is 0. The van der Waals surface area contributed by atoms with Crippen molar-refractivity contribution in [3.05, 3.63) is 0 Å². The van der Waals surface area contributed by atoms with Crippen LogP contribution in [0.1, 0.15) is 13.8 Å². The molecule has 0 atom stereocenters. The van der Waals surface area contributed by atoms with E-state index in [4.69, 9.17) is 0 Å². The smallest absolute Gasteiger partial charge is 0.0110 e. The van der Waals surface area contributed by atoms with Gasteiger partial charge in [0.25, 0.3) is 0 Å². The molecule has 1 aliphatic rings. The zero-order chi connectivity index (χ0) is 7.40. The summed E-state index contributed by atoms with van der Waals surface area (Å²) in [5.74, 6) is 0. The molecule has 1 heterocycles. The van der Waals surface area contributed by atoms with Crippen molar-refractivity contribution in [3.8, 4) is 0 Å². The number of hydrogen-bond acceptors (Lipinski definition) is 2. The van der Waals surface area contributed by atoms with Gasteiger partial charge in [-0.1, -0.05) is 13.8 Å². The molecule has 4 heteroatoms. The first-order valence-corrected chi connectivity index (χ1v) is 4.31. The lowest BCUT2D eigenvalue weighted by atomic mass is 10.3. The molecule has 76 valence electrons. The highest BCUT2D eigenvalue weighted by Crippen LogP contribution is 1.99. The van der Waals surface area contributed by atoms with Crippen LogP contribution >= 0.6 is 24.8 Å². The second-order valence-electron chi connectivity index (χ2n) is 2.87. The average Bonchev–Trinajstić information content (AvgIpc) is 2.05. The summed E-state index contributed by atoms with van der Waals surface area (Å²) in [5, 5.41) is 0. The molecule has 12 heavy (non-hydrogen) atoms. The lowest BCUT2D eigenvalue weighted by molar-refractivity contribution is 0.142. The van der Waals surface area contributed by atoms with E-state index in [-0.39, 0.29) is 24.8 Å². The summed E-state index contributed by atoms with van der Waals surface area (Å²) in [7, 11) is 0. The third-order valence-electron chi connectivity index (χ3n) is 2.36. The lowest BCUT2D eigenvalue weighted by Crippen LogP contribution is -2.45. The molecule has 0 spiro atoms. The van der Waals surface area contributed by atoms with Crippen LogP contribution in [0.3, 0.4) is 0 Å². The monoisotopic (exact) mass is 214 g/mol. The van der Waals surface area contributed by atoms with E-state index in [9.17, 15) is 0 Å². The molecule has 1 fully saturated rings. The standard InChI is InChI=1S/C8H18N2.2ClH/c1-3-9-5-7-10(4-2)8-6-9;;/h3-8H2,1-2H3;2*1H. The lowest BCUT2D eigenvalue weighted by Gasteiger charge is -2.33. The van der Waals surface area contributed by atoms with Crippen LogP contribution in [0.15, 0.2) is 0 Å². The van der Waals surface area contributed by atoms with E-state index in [1.165, 1.54) is 39.3 Å². The molecule has 0 amide bonds. The topological polar surface area (TPSA) is 6.48 Å². The molecule has 1 rings (SSSR count). The van der Waals surface area contributed by atoms with Crippen LogP contribution in [0.25, 0.3) is 0 Å². The highest BCUT2D eigenvalue weighted by Gasteiger charge is 2.12. The van der Waals surface area contributed by atoms with Gasteiger partial charge in [-0.05, 0) is 13.1 Å². The van der Waals surface area contributed by atoms with E-state index in [2.05, 4.69) is 23.6 Å². The minimum atomic E-state index is 0. The fourth-order valence-corrected chi connectivity index (χ4v) is 1.42. The molecule has 0 aliphatic carbocycles. The van der Waals surface area contributed by atoms with Crippen LogP contribution < -0.4 is 0 Å². The molecule has 0 saturated carbocycles. The highest BCUT2D eigenvalue weighted by atomic mass is 35.5. The van der Waals surface area contributed by atoms with Crippen molar-refractivity contribution in [2.45, 2.75) is 13.8 Å². The molecule has 0 N–H and O–H groups in total. The van der Waals surface area contributed by atoms with Crippen LogP contribution in [-0.2, 0) is 0 Å². The van der Waals surface area contributed by atoms with E-state index in [1.807, 2.05) is 0 Å². The van der Waals surface area contributed by atoms with Crippen LogP contribution in [0.4, 0.5) is 0 Å². The molecule has 0 aromatic carbocycles. The summed E-state index contributed by atoms with van der Waals surface area (Å²) in [6.07, 6.45) is 0. The molecular weight excluding hydrogens is 195 g/mol. The quantitative estimate of drug-likeness (QED) is 0.688. The molecule has 0 radical (unpaired) electrons. The van der Waals surface area contributed by atoms with Gasteiger partial charge in [0, 0.05) is 26.2 Å². The second kappa shape index (κ2) is 8.11. The van der Waals surface area contributed by atoms with Gasteiger partial charge in [0.2, 0.25) is 0 Å². The predicted octanol–water partition coefficient (Wildman–Crippen LogP) is 1.49. The number of piperazine rings is 1. The van der Waals surface area contributed by atoms with Gasteiger partial charge in [-0.2, -0.15) is 0 Å². The molecule has 2 nitrogen and oxygen atoms in total. The fraction of sp³-hybridized carbons (Fsp3) is 1.00. The van der Waals surface area contributed by atoms with Crippen molar-refractivity contribution < 1.29 is 0 Å². The van der Waals surface area contributed by atoms with Gasteiger partial charge in [-0.15, -0.1) is 24.8 Å². The first kappa shape index (κ1) is 15.0. The van der Waals surface area contributed by atoms with Crippen LogP contribution in [0, 0.1) is 0 Å². The Morgan fingerprint density at radius 2 is 1.00 bits per heavy atom. The van der Waals surface area contributed by atoms with Gasteiger partial charge < -0.3 is 9.80 Å². The molecule has 1 saturated heterocycles. The van der Waals surface area contributed by atoms with Gasteiger partial charge in [0.1, 0.15) is 0 Å². The molecular formula is C8H20Cl2N2. The van der Waals surface area contributed by atoms with E-state index >= 15 is 0 Å². The van der Waals surface area contributed by atoms with Crippen LogP contribution in [-0.4, -0.2) is 49.1 Å². The van der Waals surface area contributed by atoms with Gasteiger partial charge in [-0.25, -0.2) is 0 Å². The van der Waals surface area contributed by atoms with Crippen molar-refractivity contribution in [1.82, 2.24) is 9.80 Å². The zero-order valence-electron chi connectivity index (χ0n) is 7.95. The SMILES string of the molecule is CCN1CCN(CC)CC1.Cl.Cl. The summed E-state index contributed by atoms with van der Waals surface area (Å²) in [5.41, 5.74) is 0. The summed E-state index contributed by atoms with van der Waals surface area (Å²) >= 11 is 0. The van der Waals surface area contributed by atoms with E-state index in [1.54, 1.807) is 0 Å². The molecule has 0 bridgehead atoms. The number of nitrogens with zero attached hydrogens (tertiary/aromatic N) is 2. The maximum absolute atomic E-state index is 2.51. The second-order valence-corrected chi connectivity index (χ2v) is 2.87. The normalized spacial score (nSPS) is 19.5. The fourth-order valence-electron chi connectivity index (χ4n) is 1.42. The third kappa shape index (κ3) is 4.51. The summed E-state index contributed by atoms with van der Waals surface area (Å²) in [4.78, 5) is 5.01. The highest BCUT2D eigenvalue weighted by molar-refractivity contribution is 5.85. The van der Waals surface area contributed by atoms with Crippen molar-refractivity contribution in [2.75, 3.05) is 39.3 Å². The first-order chi connectivity index (χ1) is 4.86. The zero-order valence-corrected chi connectivity index (χ0v) is 9.59. The Morgan fingerprint density at radius 1 is 0.750 bits per heavy atom. The first-order valence-electron chi connectivity index (χ1n) is 4.31. The maximum Gasteiger partial charge on any atom is 0.0110 e. The number of rotatable bonds is 2. The van der Waals surface area contributed by atoms with Crippen molar-refractivity contribution in [2.24, 2.45) is 0 Å². The van der Waals surface area contributed by atoms with Gasteiger partial charge in [0.15, 0.2) is 0 Å². The Hall–Kier alpha value is 0.500. The minimum absolute atomic E-state index is 0. The third-order valence-corrected chi connectivity index (χ3v) is 2.36. The Labute approximate surface area is 88.1 Å². The van der Waals surface area contributed by atoms with E-state index < -0.39 is 0 Å². The van der Waals surface area contributed by atoms with Gasteiger partial charge >= 0.3 is 0 Å². The average molecular weight is 215 g/mol. The summed E-state index contributed by atoms with van der Waals surface area (Å²) < 4.78 is 0. The minimum Gasteiger partial charge on any atom is -0.301 e.